The molecule has 7 nitrogen and oxygen atoms in total. The molecule has 14 heavy (non-hydrogen) atoms. The highest BCUT2D eigenvalue weighted by atomic mass is 16.6. The average Bonchev–Trinajstić information content (AvgIpc) is 2.43. The summed E-state index contributed by atoms with van der Waals surface area (Å²) in [4.78, 5) is 10.5. The summed E-state index contributed by atoms with van der Waals surface area (Å²) in [7, 11) is 1.49. The van der Waals surface area contributed by atoms with Crippen LogP contribution in [-0.4, -0.2) is 14.8 Å². The fourth-order valence-corrected chi connectivity index (χ4v) is 1.37. The molecule has 1 aromatic heterocycles. The van der Waals surface area contributed by atoms with Crippen LogP contribution in [0.4, 0.5) is 5.69 Å². The van der Waals surface area contributed by atoms with Gasteiger partial charge >= 0.3 is 5.69 Å². The quantitative estimate of drug-likeness (QED) is 0.279. The van der Waals surface area contributed by atoms with Crippen LogP contribution in [-0.2, 0) is 7.05 Å². The van der Waals surface area contributed by atoms with Gasteiger partial charge in [0, 0.05) is 6.07 Å². The average molecular weight is 194 g/mol. The molecular formula is C7H6N4O3. The SMILES string of the molecule is Cn1n[n+]([O-])c2cccc([N+](=O)[O-])c21. The molecule has 0 aliphatic carbocycles. The van der Waals surface area contributed by atoms with Crippen LogP contribution in [0.15, 0.2) is 18.2 Å². The van der Waals surface area contributed by atoms with Crippen LogP contribution >= 0.6 is 0 Å². The smallest absolute Gasteiger partial charge is 0.322 e. The van der Waals surface area contributed by atoms with Gasteiger partial charge in [0.25, 0.3) is 5.52 Å². The number of fused-ring (bicyclic) bond motifs is 1. The lowest BCUT2D eigenvalue weighted by molar-refractivity contribution is -0.646. The van der Waals surface area contributed by atoms with Crippen LogP contribution in [0.2, 0.25) is 0 Å². The zero-order valence-electron chi connectivity index (χ0n) is 7.25. The Morgan fingerprint density at radius 1 is 1.57 bits per heavy atom. The van der Waals surface area contributed by atoms with E-state index in [1.54, 1.807) is 0 Å². The molecule has 0 atom stereocenters. The molecule has 0 aliphatic rings. The first-order valence-electron chi connectivity index (χ1n) is 3.81. The van der Waals surface area contributed by atoms with E-state index in [9.17, 15) is 15.3 Å². The van der Waals surface area contributed by atoms with Crippen molar-refractivity contribution in [2.24, 2.45) is 7.05 Å². The summed E-state index contributed by atoms with van der Waals surface area (Å²) in [6.07, 6.45) is 0. The van der Waals surface area contributed by atoms with Gasteiger partial charge in [0.15, 0.2) is 0 Å². The summed E-state index contributed by atoms with van der Waals surface area (Å²) in [5.74, 6) is 0. The molecule has 2 rings (SSSR count). The van der Waals surface area contributed by atoms with Crippen LogP contribution in [0.5, 0.6) is 0 Å². The number of para-hydroxylation sites is 1. The largest absolute Gasteiger partial charge is 0.691 e. The van der Waals surface area contributed by atoms with Gasteiger partial charge in [-0.05, 0) is 6.07 Å². The fraction of sp³-hybridized carbons (Fsp3) is 0.143. The number of nitro groups is 1. The van der Waals surface area contributed by atoms with Gasteiger partial charge in [-0.3, -0.25) is 10.1 Å². The third-order valence-corrected chi connectivity index (χ3v) is 1.94. The molecule has 0 spiro atoms. The van der Waals surface area contributed by atoms with Crippen molar-refractivity contribution in [3.63, 3.8) is 0 Å². The van der Waals surface area contributed by atoms with E-state index in [1.165, 1.54) is 29.9 Å². The molecule has 0 aliphatic heterocycles. The van der Waals surface area contributed by atoms with E-state index in [1.807, 2.05) is 0 Å². The molecule has 0 unspecified atom stereocenters. The molecule has 72 valence electrons. The van der Waals surface area contributed by atoms with Gasteiger partial charge in [0.2, 0.25) is 5.52 Å². The number of benzene rings is 1. The molecule has 0 saturated heterocycles. The lowest BCUT2D eigenvalue weighted by atomic mass is 10.3. The Hall–Kier alpha value is -2.18. The van der Waals surface area contributed by atoms with E-state index in [-0.39, 0.29) is 16.7 Å². The number of hydrogen-bond donors (Lipinski definition) is 0. The van der Waals surface area contributed by atoms with E-state index >= 15 is 0 Å². The zero-order chi connectivity index (χ0) is 10.3. The van der Waals surface area contributed by atoms with Gasteiger partial charge in [-0.1, -0.05) is 6.07 Å². The number of hydrogen-bond acceptors (Lipinski definition) is 4. The van der Waals surface area contributed by atoms with Gasteiger partial charge in [0.1, 0.15) is 7.05 Å². The highest BCUT2D eigenvalue weighted by Gasteiger charge is 2.22. The number of rotatable bonds is 1. The van der Waals surface area contributed by atoms with Crippen LogP contribution in [0.1, 0.15) is 0 Å². The minimum Gasteiger partial charge on any atom is -0.691 e. The van der Waals surface area contributed by atoms with Crippen molar-refractivity contribution < 1.29 is 9.77 Å². The zero-order valence-corrected chi connectivity index (χ0v) is 7.25. The van der Waals surface area contributed by atoms with Crippen molar-refractivity contribution in [3.8, 4) is 0 Å². The monoisotopic (exact) mass is 194 g/mol. The maximum Gasteiger partial charge on any atom is 0.322 e. The van der Waals surface area contributed by atoms with Crippen LogP contribution < -0.4 is 4.85 Å². The first-order valence-corrected chi connectivity index (χ1v) is 3.81. The fourth-order valence-electron chi connectivity index (χ4n) is 1.37. The van der Waals surface area contributed by atoms with Crippen molar-refractivity contribution in [2.45, 2.75) is 0 Å². The minimum absolute atomic E-state index is 0.118. The van der Waals surface area contributed by atoms with E-state index in [2.05, 4.69) is 5.21 Å². The molecule has 0 radical (unpaired) electrons. The van der Waals surface area contributed by atoms with E-state index in [4.69, 9.17) is 0 Å². The Balaban J connectivity index is 2.92. The lowest BCUT2D eigenvalue weighted by Gasteiger charge is -1.91. The van der Waals surface area contributed by atoms with E-state index < -0.39 is 4.92 Å². The summed E-state index contributed by atoms with van der Waals surface area (Å²) in [5.41, 5.74) is 0.307. The number of aryl methyl sites for hydroxylation is 1. The lowest BCUT2D eigenvalue weighted by Crippen LogP contribution is -2.29. The number of nitro benzene ring substituents is 1. The van der Waals surface area contributed by atoms with Gasteiger partial charge in [0.05, 0.1) is 10.1 Å². The molecule has 0 N–H and O–H groups in total. The highest BCUT2D eigenvalue weighted by molar-refractivity contribution is 5.81. The standard InChI is InChI=1S/C7H6N4O3/c1-9-7-5(10(12)8-9)3-2-4-6(7)11(13)14/h2-4H,1H3. The van der Waals surface area contributed by atoms with Gasteiger partial charge in [-0.25, -0.2) is 0 Å². The maximum atomic E-state index is 11.1. The van der Waals surface area contributed by atoms with E-state index in [0.717, 1.165) is 0 Å². The second-order valence-electron chi connectivity index (χ2n) is 2.79. The van der Waals surface area contributed by atoms with Crippen LogP contribution in [0.3, 0.4) is 0 Å². The first-order chi connectivity index (χ1) is 6.61. The predicted octanol–water partition coefficient (Wildman–Crippen LogP) is 0.115. The minimum atomic E-state index is -0.538. The second-order valence-corrected chi connectivity index (χ2v) is 2.79. The second kappa shape index (κ2) is 2.66. The number of non-ortho nitro benzene ring substituents is 1. The first kappa shape index (κ1) is 8.42. The van der Waals surface area contributed by atoms with Gasteiger partial charge < -0.3 is 5.21 Å². The van der Waals surface area contributed by atoms with Gasteiger partial charge in [-0.15, -0.1) is 9.53 Å². The summed E-state index contributed by atoms with van der Waals surface area (Å²) >= 11 is 0. The molecule has 7 heteroatoms. The van der Waals surface area contributed by atoms with Crippen molar-refractivity contribution in [1.29, 1.82) is 0 Å². The Bertz CT molecular complexity index is 519. The van der Waals surface area contributed by atoms with Crippen molar-refractivity contribution in [1.82, 2.24) is 9.90 Å². The molecule has 0 saturated carbocycles. The number of nitrogens with zero attached hydrogens (tertiary/aromatic N) is 4. The summed E-state index contributed by atoms with van der Waals surface area (Å²) in [6.45, 7) is 0. The number of aromatic nitrogens is 3. The Kier molecular flexibility index (Phi) is 1.60. The summed E-state index contributed by atoms with van der Waals surface area (Å²) in [5, 5.41) is 25.3. The molecule has 1 aromatic carbocycles. The predicted molar refractivity (Wildman–Crippen MR) is 46.3 cm³/mol. The molecule has 0 amide bonds. The van der Waals surface area contributed by atoms with Crippen LogP contribution in [0.25, 0.3) is 11.0 Å². The Labute approximate surface area is 77.9 Å². The topological polar surface area (TPSA) is 87.9 Å². The van der Waals surface area contributed by atoms with Crippen LogP contribution in [0, 0.1) is 15.3 Å². The van der Waals surface area contributed by atoms with E-state index in [0.29, 0.717) is 4.85 Å². The molecule has 0 fully saturated rings. The Morgan fingerprint density at radius 2 is 2.29 bits per heavy atom. The van der Waals surface area contributed by atoms with Gasteiger partial charge in [-0.2, -0.15) is 0 Å². The molecular weight excluding hydrogens is 188 g/mol. The maximum absolute atomic E-state index is 11.1. The highest BCUT2D eigenvalue weighted by Crippen LogP contribution is 2.21. The van der Waals surface area contributed by atoms with Crippen molar-refractivity contribution in [2.75, 3.05) is 0 Å². The summed E-state index contributed by atoms with van der Waals surface area (Å²) in [6, 6.07) is 4.28. The summed E-state index contributed by atoms with van der Waals surface area (Å²) < 4.78 is 1.19. The molecule has 2 aromatic rings. The third kappa shape index (κ3) is 0.987. The van der Waals surface area contributed by atoms with Crippen molar-refractivity contribution in [3.05, 3.63) is 33.5 Å². The normalized spacial score (nSPS) is 10.6. The van der Waals surface area contributed by atoms with Crippen molar-refractivity contribution >= 4 is 16.7 Å². The molecule has 1 heterocycles. The Morgan fingerprint density at radius 3 is 2.93 bits per heavy atom. The third-order valence-electron chi connectivity index (χ3n) is 1.94. The molecule has 0 bridgehead atoms.